The van der Waals surface area contributed by atoms with Crippen molar-refractivity contribution in [1.29, 1.82) is 5.26 Å². The van der Waals surface area contributed by atoms with Crippen molar-refractivity contribution >= 4 is 5.69 Å². The van der Waals surface area contributed by atoms with E-state index in [1.807, 2.05) is 6.07 Å². The van der Waals surface area contributed by atoms with Crippen LogP contribution in [0.1, 0.15) is 31.7 Å². The first kappa shape index (κ1) is 12.4. The van der Waals surface area contributed by atoms with Crippen molar-refractivity contribution in [3.63, 3.8) is 0 Å². The molecule has 0 aromatic heterocycles. The van der Waals surface area contributed by atoms with E-state index in [0.29, 0.717) is 5.56 Å². The molecule has 1 aromatic carbocycles. The number of hydrogen-bond acceptors (Lipinski definition) is 3. The normalized spacial score (nSPS) is 9.56. The third-order valence-electron chi connectivity index (χ3n) is 2.44. The predicted molar refractivity (Wildman–Crippen MR) is 65.7 cm³/mol. The SMILES string of the molecule is CCCCCNc1cc(OC)ccc1C#N. The van der Waals surface area contributed by atoms with Crippen molar-refractivity contribution in [1.82, 2.24) is 0 Å². The largest absolute Gasteiger partial charge is 0.497 e. The molecule has 0 fully saturated rings. The van der Waals surface area contributed by atoms with Gasteiger partial charge in [0.2, 0.25) is 0 Å². The lowest BCUT2D eigenvalue weighted by atomic mass is 10.1. The van der Waals surface area contributed by atoms with Crippen molar-refractivity contribution in [3.05, 3.63) is 23.8 Å². The average Bonchev–Trinajstić information content (AvgIpc) is 2.34. The minimum absolute atomic E-state index is 0.664. The van der Waals surface area contributed by atoms with Gasteiger partial charge in [0.15, 0.2) is 0 Å². The Morgan fingerprint density at radius 1 is 1.38 bits per heavy atom. The van der Waals surface area contributed by atoms with E-state index in [2.05, 4.69) is 18.3 Å². The maximum atomic E-state index is 8.95. The van der Waals surface area contributed by atoms with E-state index in [0.717, 1.165) is 24.4 Å². The Morgan fingerprint density at radius 2 is 2.19 bits per heavy atom. The van der Waals surface area contributed by atoms with Gasteiger partial charge in [-0.2, -0.15) is 5.26 Å². The summed E-state index contributed by atoms with van der Waals surface area (Å²) in [6.45, 7) is 3.07. The molecular weight excluding hydrogens is 200 g/mol. The van der Waals surface area contributed by atoms with Crippen LogP contribution in [0.3, 0.4) is 0 Å². The van der Waals surface area contributed by atoms with Gasteiger partial charge >= 0.3 is 0 Å². The monoisotopic (exact) mass is 218 g/mol. The number of nitriles is 1. The van der Waals surface area contributed by atoms with Crippen LogP contribution < -0.4 is 10.1 Å². The minimum Gasteiger partial charge on any atom is -0.497 e. The fraction of sp³-hybridized carbons (Fsp3) is 0.462. The number of ether oxygens (including phenoxy) is 1. The van der Waals surface area contributed by atoms with Crippen molar-refractivity contribution in [3.8, 4) is 11.8 Å². The summed E-state index contributed by atoms with van der Waals surface area (Å²) in [7, 11) is 1.63. The molecule has 0 bridgehead atoms. The van der Waals surface area contributed by atoms with Crippen molar-refractivity contribution in [2.24, 2.45) is 0 Å². The summed E-state index contributed by atoms with van der Waals surface area (Å²) in [5.41, 5.74) is 1.52. The Hall–Kier alpha value is -1.69. The molecule has 1 rings (SSSR count). The summed E-state index contributed by atoms with van der Waals surface area (Å²) in [4.78, 5) is 0. The lowest BCUT2D eigenvalue weighted by Crippen LogP contribution is -2.03. The second-order valence-electron chi connectivity index (χ2n) is 3.66. The molecule has 3 heteroatoms. The van der Waals surface area contributed by atoms with Crippen molar-refractivity contribution < 1.29 is 4.74 Å². The molecule has 1 aromatic rings. The number of benzene rings is 1. The first-order valence-electron chi connectivity index (χ1n) is 5.63. The molecular formula is C13H18N2O. The van der Waals surface area contributed by atoms with E-state index >= 15 is 0 Å². The summed E-state index contributed by atoms with van der Waals surface area (Å²) in [5.74, 6) is 0.775. The Bertz CT molecular complexity index is 369. The maximum Gasteiger partial charge on any atom is 0.121 e. The van der Waals surface area contributed by atoms with Crippen LogP contribution in [0.25, 0.3) is 0 Å². The third-order valence-corrected chi connectivity index (χ3v) is 2.44. The lowest BCUT2D eigenvalue weighted by Gasteiger charge is -2.09. The van der Waals surface area contributed by atoms with Gasteiger partial charge in [0.05, 0.1) is 18.4 Å². The Morgan fingerprint density at radius 3 is 2.81 bits per heavy atom. The fourth-order valence-electron chi connectivity index (χ4n) is 1.49. The number of rotatable bonds is 6. The zero-order chi connectivity index (χ0) is 11.8. The Kier molecular flexibility index (Phi) is 5.21. The van der Waals surface area contributed by atoms with Gasteiger partial charge in [-0.25, -0.2) is 0 Å². The van der Waals surface area contributed by atoms with Crippen LogP contribution in [0, 0.1) is 11.3 Å². The summed E-state index contributed by atoms with van der Waals surface area (Å²) < 4.78 is 5.13. The van der Waals surface area contributed by atoms with E-state index in [4.69, 9.17) is 10.00 Å². The molecule has 0 saturated carbocycles. The molecule has 0 atom stereocenters. The number of nitrogens with zero attached hydrogens (tertiary/aromatic N) is 1. The van der Waals surface area contributed by atoms with Crippen molar-refractivity contribution in [2.75, 3.05) is 19.0 Å². The van der Waals surface area contributed by atoms with Crippen LogP contribution in [0.4, 0.5) is 5.69 Å². The molecule has 0 aliphatic rings. The molecule has 1 N–H and O–H groups in total. The Labute approximate surface area is 97.0 Å². The summed E-state index contributed by atoms with van der Waals surface area (Å²) in [6, 6.07) is 7.62. The second-order valence-corrected chi connectivity index (χ2v) is 3.66. The van der Waals surface area contributed by atoms with E-state index in [9.17, 15) is 0 Å². The predicted octanol–water partition coefficient (Wildman–Crippen LogP) is 3.17. The highest BCUT2D eigenvalue weighted by atomic mass is 16.5. The van der Waals surface area contributed by atoms with Gasteiger partial charge in [-0.15, -0.1) is 0 Å². The number of nitrogens with one attached hydrogen (secondary N) is 1. The summed E-state index contributed by atoms with van der Waals surface area (Å²) in [5, 5.41) is 12.2. The minimum atomic E-state index is 0.664. The van der Waals surface area contributed by atoms with E-state index in [1.54, 1.807) is 19.2 Å². The molecule has 16 heavy (non-hydrogen) atoms. The van der Waals surface area contributed by atoms with Crippen LogP contribution in [0.5, 0.6) is 5.75 Å². The molecule has 86 valence electrons. The fourth-order valence-corrected chi connectivity index (χ4v) is 1.49. The molecule has 0 heterocycles. The number of methoxy groups -OCH3 is 1. The highest BCUT2D eigenvalue weighted by Gasteiger charge is 2.02. The van der Waals surface area contributed by atoms with E-state index < -0.39 is 0 Å². The van der Waals surface area contributed by atoms with Gasteiger partial charge in [-0.3, -0.25) is 0 Å². The van der Waals surface area contributed by atoms with E-state index in [-0.39, 0.29) is 0 Å². The summed E-state index contributed by atoms with van der Waals surface area (Å²) in [6.07, 6.45) is 3.53. The lowest BCUT2D eigenvalue weighted by molar-refractivity contribution is 0.415. The zero-order valence-corrected chi connectivity index (χ0v) is 9.92. The van der Waals surface area contributed by atoms with Crippen LogP contribution in [-0.2, 0) is 0 Å². The highest BCUT2D eigenvalue weighted by Crippen LogP contribution is 2.21. The molecule has 0 unspecified atom stereocenters. The van der Waals surface area contributed by atoms with Gasteiger partial charge in [0, 0.05) is 12.6 Å². The third kappa shape index (κ3) is 3.47. The first-order chi connectivity index (χ1) is 7.81. The molecule has 0 saturated heterocycles. The molecule has 0 amide bonds. The van der Waals surface area contributed by atoms with E-state index in [1.165, 1.54) is 12.8 Å². The van der Waals surface area contributed by atoms with Crippen LogP contribution in [0.2, 0.25) is 0 Å². The topological polar surface area (TPSA) is 45.0 Å². The standard InChI is InChI=1S/C13H18N2O/c1-3-4-5-8-15-13-9-12(16-2)7-6-11(13)10-14/h6-7,9,15H,3-5,8H2,1-2H3. The number of anilines is 1. The first-order valence-corrected chi connectivity index (χ1v) is 5.63. The highest BCUT2D eigenvalue weighted by molar-refractivity contribution is 5.60. The van der Waals surface area contributed by atoms with Crippen molar-refractivity contribution in [2.45, 2.75) is 26.2 Å². The van der Waals surface area contributed by atoms with Gasteiger partial charge in [-0.1, -0.05) is 19.8 Å². The van der Waals surface area contributed by atoms with Gasteiger partial charge in [0.25, 0.3) is 0 Å². The second kappa shape index (κ2) is 6.73. The average molecular weight is 218 g/mol. The smallest absolute Gasteiger partial charge is 0.121 e. The molecule has 0 aliphatic carbocycles. The maximum absolute atomic E-state index is 8.95. The van der Waals surface area contributed by atoms with Crippen LogP contribution >= 0.6 is 0 Å². The zero-order valence-electron chi connectivity index (χ0n) is 9.92. The molecule has 0 radical (unpaired) electrons. The van der Waals surface area contributed by atoms with Gasteiger partial charge in [0.1, 0.15) is 11.8 Å². The quantitative estimate of drug-likeness (QED) is 0.746. The van der Waals surface area contributed by atoms with Crippen LogP contribution in [-0.4, -0.2) is 13.7 Å². The van der Waals surface area contributed by atoms with Crippen LogP contribution in [0.15, 0.2) is 18.2 Å². The van der Waals surface area contributed by atoms with Gasteiger partial charge < -0.3 is 10.1 Å². The molecule has 3 nitrogen and oxygen atoms in total. The summed E-state index contributed by atoms with van der Waals surface area (Å²) >= 11 is 0. The molecule has 0 aliphatic heterocycles. The molecule has 0 spiro atoms. The number of hydrogen-bond donors (Lipinski definition) is 1. The van der Waals surface area contributed by atoms with Gasteiger partial charge in [-0.05, 0) is 18.6 Å². The Balaban J connectivity index is 2.65. The number of unbranched alkanes of at least 4 members (excludes halogenated alkanes) is 2.